The van der Waals surface area contributed by atoms with Crippen molar-refractivity contribution in [2.24, 2.45) is 0 Å². The summed E-state index contributed by atoms with van der Waals surface area (Å²) in [5.41, 5.74) is 0.582. The minimum absolute atomic E-state index is 0.0399. The average Bonchev–Trinajstić information content (AvgIpc) is 2.54. The molecule has 0 radical (unpaired) electrons. The van der Waals surface area contributed by atoms with Crippen molar-refractivity contribution in [3.63, 3.8) is 0 Å². The lowest BCUT2D eigenvalue weighted by molar-refractivity contribution is -0.384. The fourth-order valence-electron chi connectivity index (χ4n) is 2.10. The van der Waals surface area contributed by atoms with E-state index in [-0.39, 0.29) is 17.7 Å². The quantitative estimate of drug-likeness (QED) is 0.408. The zero-order valence-corrected chi connectivity index (χ0v) is 14.5. The van der Waals surface area contributed by atoms with Gasteiger partial charge in [0.25, 0.3) is 11.6 Å². The molecule has 2 aromatic rings. The molecule has 1 atom stereocenters. The molecule has 0 saturated carbocycles. The van der Waals surface area contributed by atoms with Gasteiger partial charge in [-0.15, -0.1) is 0 Å². The van der Waals surface area contributed by atoms with Gasteiger partial charge in [-0.2, -0.15) is 0 Å². The zero-order valence-electron chi connectivity index (χ0n) is 12.3. The fourth-order valence-corrected chi connectivity index (χ4v) is 2.71. The number of nitrogens with zero attached hydrogens (tertiary/aromatic N) is 1. The van der Waals surface area contributed by atoms with E-state index in [0.717, 1.165) is 15.2 Å². The Morgan fingerprint density at radius 1 is 1.21 bits per heavy atom. The van der Waals surface area contributed by atoms with Crippen LogP contribution in [-0.2, 0) is 11.2 Å². The Morgan fingerprint density at radius 3 is 2.54 bits per heavy atom. The molecule has 2 aromatic carbocycles. The third kappa shape index (κ3) is 4.75. The highest BCUT2D eigenvalue weighted by molar-refractivity contribution is 14.1. The van der Waals surface area contributed by atoms with Gasteiger partial charge in [0.2, 0.25) is 0 Å². The van der Waals surface area contributed by atoms with Crippen molar-refractivity contribution in [3.05, 3.63) is 73.3 Å². The summed E-state index contributed by atoms with van der Waals surface area (Å²) in [6.45, 7) is 0. The molecule has 0 bridgehead atoms. The first-order valence-corrected chi connectivity index (χ1v) is 7.97. The van der Waals surface area contributed by atoms with Crippen LogP contribution < -0.4 is 5.32 Å². The highest BCUT2D eigenvalue weighted by Crippen LogP contribution is 2.14. The Hall–Kier alpha value is -2.49. The van der Waals surface area contributed by atoms with E-state index in [0.29, 0.717) is 0 Å². The molecule has 0 saturated heterocycles. The third-order valence-corrected chi connectivity index (χ3v) is 3.92. The smallest absolute Gasteiger partial charge is 0.326 e. The summed E-state index contributed by atoms with van der Waals surface area (Å²) >= 11 is 2.12. The number of nitro benzene ring substituents is 1. The van der Waals surface area contributed by atoms with Crippen LogP contribution in [0.15, 0.2) is 48.5 Å². The molecule has 0 heterocycles. The summed E-state index contributed by atoms with van der Waals surface area (Å²) in [5, 5.41) is 22.5. The number of carboxylic acid groups (broad SMARTS) is 1. The van der Waals surface area contributed by atoms with E-state index < -0.39 is 22.8 Å². The Kier molecular flexibility index (Phi) is 5.85. The molecule has 24 heavy (non-hydrogen) atoms. The largest absolute Gasteiger partial charge is 0.480 e. The second-order valence-corrected chi connectivity index (χ2v) is 6.25. The van der Waals surface area contributed by atoms with E-state index in [2.05, 4.69) is 27.9 Å². The number of nitro groups is 1. The second kappa shape index (κ2) is 7.86. The van der Waals surface area contributed by atoms with Gasteiger partial charge in [-0.05, 0) is 46.4 Å². The molecule has 124 valence electrons. The molecule has 2 N–H and O–H groups in total. The van der Waals surface area contributed by atoms with Gasteiger partial charge in [0.15, 0.2) is 0 Å². The monoisotopic (exact) mass is 440 g/mol. The summed E-state index contributed by atoms with van der Waals surface area (Å²) in [4.78, 5) is 33.7. The predicted octanol–water partition coefficient (Wildman–Crippen LogP) is 2.63. The molecule has 0 aliphatic carbocycles. The van der Waals surface area contributed by atoms with Gasteiger partial charge < -0.3 is 10.4 Å². The summed E-state index contributed by atoms with van der Waals surface area (Å²) in [5.74, 6) is -1.84. The Morgan fingerprint density at radius 2 is 1.92 bits per heavy atom. The summed E-state index contributed by atoms with van der Waals surface area (Å²) < 4.78 is 0.958. The molecule has 0 unspecified atom stereocenters. The molecule has 0 spiro atoms. The molecule has 1 amide bonds. The van der Waals surface area contributed by atoms with Crippen LogP contribution in [0.4, 0.5) is 5.69 Å². The number of non-ortho nitro benzene ring substituents is 1. The van der Waals surface area contributed by atoms with Crippen molar-refractivity contribution in [2.75, 3.05) is 0 Å². The minimum atomic E-state index is -1.17. The molecule has 0 aliphatic heterocycles. The van der Waals surface area contributed by atoms with Gasteiger partial charge in [-0.1, -0.05) is 18.2 Å². The maximum absolute atomic E-state index is 12.2. The SMILES string of the molecule is O=C(N[C@@H](Cc1cccc(I)c1)C(=O)O)c1cccc([N+](=O)[O-])c1. The number of halogens is 1. The standard InChI is InChI=1S/C16H13IN2O5/c17-12-5-1-3-10(7-12)8-14(16(21)22)18-15(20)11-4-2-6-13(9-11)19(23)24/h1-7,9,14H,8H2,(H,18,20)(H,21,22)/t14-/m0/s1. The molecule has 0 aromatic heterocycles. The maximum Gasteiger partial charge on any atom is 0.326 e. The summed E-state index contributed by atoms with van der Waals surface area (Å²) in [6, 6.07) is 11.3. The van der Waals surface area contributed by atoms with Crippen LogP contribution in [0.5, 0.6) is 0 Å². The lowest BCUT2D eigenvalue weighted by atomic mass is 10.1. The Bertz CT molecular complexity index is 794. The highest BCUT2D eigenvalue weighted by Gasteiger charge is 2.22. The van der Waals surface area contributed by atoms with Crippen LogP contribution in [0.25, 0.3) is 0 Å². The van der Waals surface area contributed by atoms with Crippen LogP contribution in [0, 0.1) is 13.7 Å². The van der Waals surface area contributed by atoms with Crippen LogP contribution in [0.1, 0.15) is 15.9 Å². The van der Waals surface area contributed by atoms with Crippen LogP contribution in [0.3, 0.4) is 0 Å². The first-order valence-electron chi connectivity index (χ1n) is 6.89. The molecule has 8 heteroatoms. The van der Waals surface area contributed by atoms with Crippen molar-refractivity contribution in [3.8, 4) is 0 Å². The Balaban J connectivity index is 2.15. The van der Waals surface area contributed by atoms with E-state index in [4.69, 9.17) is 0 Å². The van der Waals surface area contributed by atoms with Gasteiger partial charge >= 0.3 is 5.97 Å². The van der Waals surface area contributed by atoms with Gasteiger partial charge in [-0.25, -0.2) is 4.79 Å². The fraction of sp³-hybridized carbons (Fsp3) is 0.125. The van der Waals surface area contributed by atoms with Crippen molar-refractivity contribution < 1.29 is 19.6 Å². The highest BCUT2D eigenvalue weighted by atomic mass is 127. The van der Waals surface area contributed by atoms with Crippen molar-refractivity contribution in [1.29, 1.82) is 0 Å². The van der Waals surface area contributed by atoms with Crippen molar-refractivity contribution in [2.45, 2.75) is 12.5 Å². The number of carbonyl (C=O) groups is 2. The van der Waals surface area contributed by atoms with E-state index in [9.17, 15) is 24.8 Å². The normalized spacial score (nSPS) is 11.5. The average molecular weight is 440 g/mol. The van der Waals surface area contributed by atoms with Crippen molar-refractivity contribution >= 4 is 40.2 Å². The number of nitrogens with one attached hydrogen (secondary N) is 1. The summed E-state index contributed by atoms with van der Waals surface area (Å²) in [7, 11) is 0. The lowest BCUT2D eigenvalue weighted by Crippen LogP contribution is -2.42. The molecular formula is C16H13IN2O5. The number of benzene rings is 2. The second-order valence-electron chi connectivity index (χ2n) is 5.01. The van der Waals surface area contributed by atoms with E-state index in [1.54, 1.807) is 12.1 Å². The van der Waals surface area contributed by atoms with E-state index in [1.165, 1.54) is 18.2 Å². The molecule has 2 rings (SSSR count). The molecular weight excluding hydrogens is 427 g/mol. The van der Waals surface area contributed by atoms with Crippen LogP contribution >= 0.6 is 22.6 Å². The van der Waals surface area contributed by atoms with E-state index in [1.807, 2.05) is 12.1 Å². The maximum atomic E-state index is 12.2. The van der Waals surface area contributed by atoms with Gasteiger partial charge in [0.1, 0.15) is 6.04 Å². The first-order chi connectivity index (χ1) is 11.4. The van der Waals surface area contributed by atoms with Crippen LogP contribution in [-0.4, -0.2) is 27.9 Å². The number of amides is 1. The number of carboxylic acids is 1. The van der Waals surface area contributed by atoms with Crippen LogP contribution in [0.2, 0.25) is 0 Å². The summed E-state index contributed by atoms with van der Waals surface area (Å²) in [6.07, 6.45) is 0.118. The number of hydrogen-bond donors (Lipinski definition) is 2. The predicted molar refractivity (Wildman–Crippen MR) is 94.8 cm³/mol. The van der Waals surface area contributed by atoms with Gasteiger partial charge in [0.05, 0.1) is 4.92 Å². The number of carbonyl (C=O) groups excluding carboxylic acids is 1. The van der Waals surface area contributed by atoms with Gasteiger partial charge in [0, 0.05) is 27.7 Å². The molecule has 0 aliphatic rings. The molecule has 0 fully saturated rings. The zero-order chi connectivity index (χ0) is 17.7. The number of aliphatic carboxylic acids is 1. The van der Waals surface area contributed by atoms with Gasteiger partial charge in [-0.3, -0.25) is 14.9 Å². The topological polar surface area (TPSA) is 110 Å². The minimum Gasteiger partial charge on any atom is -0.480 e. The number of rotatable bonds is 6. The number of hydrogen-bond acceptors (Lipinski definition) is 4. The van der Waals surface area contributed by atoms with E-state index >= 15 is 0 Å². The Labute approximate surface area is 151 Å². The first kappa shape index (κ1) is 17.9. The lowest BCUT2D eigenvalue weighted by Gasteiger charge is -2.15. The third-order valence-electron chi connectivity index (χ3n) is 3.25. The molecule has 7 nitrogen and oxygen atoms in total. The van der Waals surface area contributed by atoms with Crippen molar-refractivity contribution in [1.82, 2.24) is 5.32 Å².